The smallest absolute Gasteiger partial charge is 0.411 e. The van der Waals surface area contributed by atoms with Crippen LogP contribution in [-0.2, 0) is 15.9 Å². The molecule has 2 heterocycles. The second-order valence-electron chi connectivity index (χ2n) is 10.4. The fourth-order valence-corrected chi connectivity index (χ4v) is 4.85. The van der Waals surface area contributed by atoms with Crippen molar-refractivity contribution in [2.45, 2.75) is 58.8 Å². The summed E-state index contributed by atoms with van der Waals surface area (Å²) in [6.45, 7) is 10.7. The van der Waals surface area contributed by atoms with E-state index in [0.717, 1.165) is 0 Å². The zero-order valence-corrected chi connectivity index (χ0v) is 25.4. The molecule has 0 bridgehead atoms. The van der Waals surface area contributed by atoms with Crippen LogP contribution in [0.5, 0.6) is 5.75 Å². The van der Waals surface area contributed by atoms with Crippen molar-refractivity contribution in [3.05, 3.63) is 56.2 Å². The Morgan fingerprint density at radius 1 is 1.28 bits per heavy atom. The van der Waals surface area contributed by atoms with Gasteiger partial charge in [0.2, 0.25) is 0 Å². The molecular weight excluding hydrogens is 616 g/mol. The van der Waals surface area contributed by atoms with E-state index in [-0.39, 0.29) is 5.82 Å². The molecule has 2 atom stereocenters. The minimum absolute atomic E-state index is 0.348. The van der Waals surface area contributed by atoms with Crippen LogP contribution in [0.1, 0.15) is 61.0 Å². The van der Waals surface area contributed by atoms with E-state index < -0.39 is 29.8 Å². The van der Waals surface area contributed by atoms with Crippen molar-refractivity contribution in [3.8, 4) is 18.1 Å². The molecule has 1 aliphatic heterocycles. The Balaban J connectivity index is 1.88. The lowest BCUT2D eigenvalue weighted by Gasteiger charge is -2.40. The molecule has 0 saturated carbocycles. The summed E-state index contributed by atoms with van der Waals surface area (Å²) < 4.78 is 32.3. The predicted octanol–water partition coefficient (Wildman–Crippen LogP) is 5.16. The number of benzene rings is 1. The number of rotatable bonds is 7. The van der Waals surface area contributed by atoms with Gasteiger partial charge in [0.05, 0.1) is 21.9 Å². The number of halogens is 2. The molecule has 8 nitrogen and oxygen atoms in total. The second-order valence-corrected chi connectivity index (χ2v) is 11.5. The van der Waals surface area contributed by atoms with Crippen molar-refractivity contribution in [1.29, 1.82) is 0 Å². The zero-order valence-electron chi connectivity index (χ0n) is 23.2. The highest BCUT2D eigenvalue weighted by molar-refractivity contribution is 14.1. The lowest BCUT2D eigenvalue weighted by Crippen LogP contribution is -2.56. The van der Waals surface area contributed by atoms with E-state index in [9.17, 15) is 14.0 Å². The number of esters is 1. The highest BCUT2D eigenvalue weighted by atomic mass is 127. The van der Waals surface area contributed by atoms with Crippen LogP contribution >= 0.6 is 22.6 Å². The molecular formula is C29H35FIN3O5. The fraction of sp³-hybridized carbons (Fsp3) is 0.483. The normalized spacial score (nSPS) is 16.8. The highest BCUT2D eigenvalue weighted by Gasteiger charge is 2.34. The molecule has 10 heteroatoms. The van der Waals surface area contributed by atoms with Crippen molar-refractivity contribution in [1.82, 2.24) is 14.8 Å². The Morgan fingerprint density at radius 3 is 2.59 bits per heavy atom. The number of hydrogen-bond acceptors (Lipinski definition) is 7. The SMILES string of the molecule is C#C[C@@H]1CN(C[C@@H](Oc2cc(C)c(C(=O)OC)cc2I)c2cc(F)c(CC)cn2)CCN1C(=O)OC(C)(C)C. The summed E-state index contributed by atoms with van der Waals surface area (Å²) in [5.41, 5.74) is 1.45. The van der Waals surface area contributed by atoms with E-state index in [2.05, 4.69) is 38.4 Å². The van der Waals surface area contributed by atoms with Crippen molar-refractivity contribution < 1.29 is 28.2 Å². The number of hydrogen-bond donors (Lipinski definition) is 0. The number of carbonyl (C=O) groups excluding carboxylic acids is 2. The van der Waals surface area contributed by atoms with Crippen molar-refractivity contribution in [2.75, 3.05) is 33.3 Å². The second kappa shape index (κ2) is 13.0. The number of piperazine rings is 1. The van der Waals surface area contributed by atoms with E-state index in [0.29, 0.717) is 64.3 Å². The van der Waals surface area contributed by atoms with Crippen LogP contribution < -0.4 is 4.74 Å². The molecule has 39 heavy (non-hydrogen) atoms. The van der Waals surface area contributed by atoms with Gasteiger partial charge in [0, 0.05) is 37.9 Å². The first kappa shape index (κ1) is 30.6. The third-order valence-corrected chi connectivity index (χ3v) is 7.17. The van der Waals surface area contributed by atoms with E-state index in [4.69, 9.17) is 20.6 Å². The van der Waals surface area contributed by atoms with Gasteiger partial charge in [-0.05, 0) is 80.5 Å². The standard InChI is InChI=1S/C29H35FIN3O5/c1-8-19-15-32-24(14-22(19)30)26(38-25-12-18(3)21(13-23(25)31)27(35)37-7)17-33-10-11-34(20(9-2)16-33)28(36)39-29(4,5)6/h2,12-15,20,26H,8,10-11,16-17H2,1,3-7H3/t20-,26-/m1/s1. The lowest BCUT2D eigenvalue weighted by molar-refractivity contribution is 0.00234. The summed E-state index contributed by atoms with van der Waals surface area (Å²) in [6.07, 6.45) is 6.76. The number of aryl methyl sites for hydroxylation is 2. The predicted molar refractivity (Wildman–Crippen MR) is 154 cm³/mol. The Labute approximate surface area is 243 Å². The maximum absolute atomic E-state index is 14.8. The molecule has 1 aliphatic rings. The number of terminal acetylenes is 1. The molecule has 1 aromatic carbocycles. The molecule has 0 spiro atoms. The summed E-state index contributed by atoms with van der Waals surface area (Å²) in [7, 11) is 1.33. The molecule has 1 amide bonds. The molecule has 0 unspecified atom stereocenters. The molecule has 0 aliphatic carbocycles. The molecule has 0 radical (unpaired) electrons. The summed E-state index contributed by atoms with van der Waals surface area (Å²) in [4.78, 5) is 33.0. The van der Waals surface area contributed by atoms with Crippen LogP contribution in [-0.4, -0.2) is 71.8 Å². The van der Waals surface area contributed by atoms with Crippen LogP contribution in [0.25, 0.3) is 0 Å². The van der Waals surface area contributed by atoms with E-state index in [1.165, 1.54) is 19.4 Å². The number of aromatic nitrogens is 1. The molecule has 3 rings (SSSR count). The Hall–Kier alpha value is -2.91. The lowest BCUT2D eigenvalue weighted by atomic mass is 10.1. The molecule has 1 fully saturated rings. The topological polar surface area (TPSA) is 81.2 Å². The molecule has 210 valence electrons. The van der Waals surface area contributed by atoms with Crippen molar-refractivity contribution in [2.24, 2.45) is 0 Å². The van der Waals surface area contributed by atoms with Crippen LogP contribution in [0.2, 0.25) is 0 Å². The number of carbonyl (C=O) groups is 2. The molecule has 1 aromatic heterocycles. The average molecular weight is 652 g/mol. The number of nitrogens with zero attached hydrogens (tertiary/aromatic N) is 3. The molecule has 2 aromatic rings. The summed E-state index contributed by atoms with van der Waals surface area (Å²) in [5, 5.41) is 0. The molecule has 1 saturated heterocycles. The van der Waals surface area contributed by atoms with Gasteiger partial charge in [-0.25, -0.2) is 14.0 Å². The van der Waals surface area contributed by atoms with Gasteiger partial charge in [0.25, 0.3) is 0 Å². The minimum Gasteiger partial charge on any atom is -0.482 e. The summed E-state index contributed by atoms with van der Waals surface area (Å²) >= 11 is 2.10. The number of ether oxygens (including phenoxy) is 3. The van der Waals surface area contributed by atoms with Gasteiger partial charge in [0.1, 0.15) is 23.2 Å². The highest BCUT2D eigenvalue weighted by Crippen LogP contribution is 2.31. The number of amides is 1. The van der Waals surface area contributed by atoms with Gasteiger partial charge in [-0.1, -0.05) is 12.8 Å². The molecule has 0 N–H and O–H groups in total. The van der Waals surface area contributed by atoms with Gasteiger partial charge < -0.3 is 14.2 Å². The number of pyridine rings is 1. The van der Waals surface area contributed by atoms with Gasteiger partial charge in [-0.15, -0.1) is 6.42 Å². The Bertz CT molecular complexity index is 1260. The summed E-state index contributed by atoms with van der Waals surface area (Å²) in [6, 6.07) is 4.38. The Kier molecular flexibility index (Phi) is 10.2. The van der Waals surface area contributed by atoms with Crippen LogP contribution in [0, 0.1) is 28.7 Å². The van der Waals surface area contributed by atoms with Crippen LogP contribution in [0.15, 0.2) is 24.4 Å². The third-order valence-electron chi connectivity index (χ3n) is 6.32. The van der Waals surface area contributed by atoms with Crippen molar-refractivity contribution in [3.63, 3.8) is 0 Å². The van der Waals surface area contributed by atoms with E-state index in [1.807, 2.05) is 27.7 Å². The minimum atomic E-state index is -0.645. The van der Waals surface area contributed by atoms with Crippen molar-refractivity contribution >= 4 is 34.7 Å². The van der Waals surface area contributed by atoms with Crippen LogP contribution in [0.3, 0.4) is 0 Å². The van der Waals surface area contributed by atoms with Gasteiger partial charge in [0.15, 0.2) is 6.10 Å². The fourth-order valence-electron chi connectivity index (χ4n) is 4.25. The zero-order chi connectivity index (χ0) is 28.9. The van der Waals surface area contributed by atoms with E-state index in [1.54, 1.807) is 24.0 Å². The first-order chi connectivity index (χ1) is 18.4. The van der Waals surface area contributed by atoms with Crippen LogP contribution in [0.4, 0.5) is 9.18 Å². The monoisotopic (exact) mass is 651 g/mol. The first-order valence-corrected chi connectivity index (χ1v) is 13.8. The first-order valence-electron chi connectivity index (χ1n) is 12.7. The van der Waals surface area contributed by atoms with Gasteiger partial charge in [-0.2, -0.15) is 0 Å². The maximum Gasteiger partial charge on any atom is 0.411 e. The Morgan fingerprint density at radius 2 is 2.00 bits per heavy atom. The quantitative estimate of drug-likeness (QED) is 0.233. The number of methoxy groups -OCH3 is 1. The third kappa shape index (κ3) is 7.82. The summed E-state index contributed by atoms with van der Waals surface area (Å²) in [5.74, 6) is 2.45. The van der Waals surface area contributed by atoms with E-state index >= 15 is 0 Å². The average Bonchev–Trinajstić information content (AvgIpc) is 2.88. The van der Waals surface area contributed by atoms with Gasteiger partial charge in [-0.3, -0.25) is 14.8 Å². The maximum atomic E-state index is 14.8. The van der Waals surface area contributed by atoms with Gasteiger partial charge >= 0.3 is 12.1 Å². The largest absolute Gasteiger partial charge is 0.482 e.